The van der Waals surface area contributed by atoms with Crippen LogP contribution >= 0.6 is 0 Å². The van der Waals surface area contributed by atoms with Gasteiger partial charge in [0.2, 0.25) is 11.9 Å². The van der Waals surface area contributed by atoms with E-state index in [4.69, 9.17) is 17.8 Å². The van der Waals surface area contributed by atoms with Crippen LogP contribution in [0.2, 0.25) is 36.3 Å². The zero-order valence-electron chi connectivity index (χ0n) is 30.4. The van der Waals surface area contributed by atoms with Crippen LogP contribution in [0.5, 0.6) is 0 Å². The van der Waals surface area contributed by atoms with Gasteiger partial charge in [0, 0.05) is 12.5 Å². The summed E-state index contributed by atoms with van der Waals surface area (Å²) < 4.78 is 53.4. The molecule has 0 spiro atoms. The lowest BCUT2D eigenvalue weighted by Crippen LogP contribution is -2.50. The van der Waals surface area contributed by atoms with Gasteiger partial charge in [-0.2, -0.15) is 13.4 Å². The second kappa shape index (κ2) is 13.6. The van der Waals surface area contributed by atoms with Crippen molar-refractivity contribution in [2.24, 2.45) is 0 Å². The van der Waals surface area contributed by atoms with Crippen LogP contribution in [0.3, 0.4) is 0 Å². The summed E-state index contributed by atoms with van der Waals surface area (Å²) in [5.41, 5.74) is -0.801. The van der Waals surface area contributed by atoms with E-state index < -0.39 is 68.7 Å². The van der Waals surface area contributed by atoms with Crippen LogP contribution in [0.15, 0.2) is 41.5 Å². The van der Waals surface area contributed by atoms with Gasteiger partial charge in [0.05, 0.1) is 19.2 Å². The first-order valence-corrected chi connectivity index (χ1v) is 23.7. The number of anilines is 1. The summed E-state index contributed by atoms with van der Waals surface area (Å²) in [6, 6.07) is 8.11. The standard InChI is InChI=1S/C32H49N5O9SSi2/c1-20(38)34-30-35-26-23(28(40)37(30)27(39)21-16-14-13-15-17-21)33-19-36(26)29-25(46-49(11,12)32(5,6)7)24(45-47(8,41)42)22(44-29)18-43-48(9,10)31(2,3)4/h13-17,19,22,24-25,29H,18H2,1-12H3,(H,34,35,38). The number of ether oxygens (including phenoxy) is 1. The molecule has 1 amide bonds. The van der Waals surface area contributed by atoms with E-state index in [0.29, 0.717) is 0 Å². The Bertz CT molecular complexity index is 1880. The molecule has 1 aromatic carbocycles. The number of amides is 1. The van der Waals surface area contributed by atoms with Crippen molar-refractivity contribution in [1.29, 1.82) is 0 Å². The predicted molar refractivity (Wildman–Crippen MR) is 191 cm³/mol. The van der Waals surface area contributed by atoms with Crippen molar-refractivity contribution in [3.8, 4) is 0 Å². The van der Waals surface area contributed by atoms with Gasteiger partial charge in [-0.05, 0) is 48.4 Å². The minimum absolute atomic E-state index is 0.0104. The lowest BCUT2D eigenvalue weighted by atomic mass is 10.1. The minimum atomic E-state index is -4.02. The fraction of sp³-hybridized carbons (Fsp3) is 0.594. The summed E-state index contributed by atoms with van der Waals surface area (Å²) in [5.74, 6) is -1.59. The molecule has 1 N–H and O–H groups in total. The molecule has 4 atom stereocenters. The predicted octanol–water partition coefficient (Wildman–Crippen LogP) is 4.89. The number of carbonyl (C=O) groups is 2. The zero-order chi connectivity index (χ0) is 36.9. The molecule has 14 nitrogen and oxygen atoms in total. The van der Waals surface area contributed by atoms with Crippen molar-refractivity contribution >= 4 is 55.7 Å². The van der Waals surface area contributed by atoms with Gasteiger partial charge >= 0.3 is 0 Å². The highest BCUT2D eigenvalue weighted by Gasteiger charge is 2.54. The third kappa shape index (κ3) is 8.29. The number of imidazole rings is 1. The summed E-state index contributed by atoms with van der Waals surface area (Å²) in [7, 11) is -8.99. The molecule has 0 aliphatic carbocycles. The Morgan fingerprint density at radius 1 is 0.980 bits per heavy atom. The maximum Gasteiger partial charge on any atom is 0.290 e. The van der Waals surface area contributed by atoms with Crippen LogP contribution in [0.4, 0.5) is 5.95 Å². The third-order valence-corrected chi connectivity index (χ3v) is 19.2. The topological polar surface area (TPSA) is 170 Å². The Morgan fingerprint density at radius 3 is 2.10 bits per heavy atom. The molecule has 3 aromatic rings. The number of carbonyl (C=O) groups excluding carboxylic acids is 2. The molecule has 17 heteroatoms. The summed E-state index contributed by atoms with van der Waals surface area (Å²) in [4.78, 5) is 48.6. The zero-order valence-corrected chi connectivity index (χ0v) is 33.2. The van der Waals surface area contributed by atoms with E-state index in [-0.39, 0.29) is 39.4 Å². The van der Waals surface area contributed by atoms with Crippen LogP contribution in [-0.4, -0.2) is 87.1 Å². The third-order valence-electron chi connectivity index (χ3n) is 9.61. The molecule has 3 heterocycles. The first-order valence-electron chi connectivity index (χ1n) is 16.1. The molecule has 4 unspecified atom stereocenters. The quantitative estimate of drug-likeness (QED) is 0.222. The number of hydrogen-bond donors (Lipinski definition) is 1. The number of rotatable bonds is 10. The van der Waals surface area contributed by atoms with Crippen LogP contribution in [0.25, 0.3) is 11.2 Å². The van der Waals surface area contributed by atoms with Crippen molar-refractivity contribution in [2.75, 3.05) is 18.2 Å². The number of fused-ring (bicyclic) bond motifs is 1. The maximum atomic E-state index is 13.9. The van der Waals surface area contributed by atoms with E-state index in [9.17, 15) is 22.8 Å². The van der Waals surface area contributed by atoms with Crippen molar-refractivity contribution < 1.29 is 35.8 Å². The van der Waals surface area contributed by atoms with Gasteiger partial charge < -0.3 is 13.6 Å². The largest absolute Gasteiger partial charge is 0.414 e. The normalized spacial score (nSPS) is 20.9. The van der Waals surface area contributed by atoms with E-state index in [1.54, 1.807) is 18.2 Å². The fourth-order valence-corrected chi connectivity index (χ4v) is 7.76. The molecule has 0 saturated carbocycles. The summed E-state index contributed by atoms with van der Waals surface area (Å²) in [6.07, 6.45) is -1.84. The van der Waals surface area contributed by atoms with Crippen LogP contribution in [0, 0.1) is 0 Å². The van der Waals surface area contributed by atoms with E-state index in [2.05, 4.69) is 69.9 Å². The Hall–Kier alpha value is -3.07. The van der Waals surface area contributed by atoms with E-state index in [1.807, 2.05) is 13.1 Å². The van der Waals surface area contributed by atoms with Gasteiger partial charge in [-0.15, -0.1) is 0 Å². The summed E-state index contributed by atoms with van der Waals surface area (Å²) in [6.45, 7) is 21.9. The summed E-state index contributed by atoms with van der Waals surface area (Å²) in [5, 5.41) is 2.07. The highest BCUT2D eigenvalue weighted by atomic mass is 32.2. The first kappa shape index (κ1) is 38.7. The average Bonchev–Trinajstić information content (AvgIpc) is 3.51. The molecular formula is C32H49N5O9SSi2. The lowest BCUT2D eigenvalue weighted by Gasteiger charge is -2.40. The second-order valence-electron chi connectivity index (χ2n) is 15.5. The molecule has 270 valence electrons. The lowest BCUT2D eigenvalue weighted by molar-refractivity contribution is -0.114. The summed E-state index contributed by atoms with van der Waals surface area (Å²) >= 11 is 0. The number of benzene rings is 1. The van der Waals surface area contributed by atoms with Gasteiger partial charge in [0.1, 0.15) is 18.3 Å². The van der Waals surface area contributed by atoms with Gasteiger partial charge in [-0.3, -0.25) is 28.5 Å². The highest BCUT2D eigenvalue weighted by Crippen LogP contribution is 2.44. The molecule has 1 aliphatic heterocycles. The van der Waals surface area contributed by atoms with Crippen molar-refractivity contribution in [3.63, 3.8) is 0 Å². The smallest absolute Gasteiger partial charge is 0.290 e. The van der Waals surface area contributed by atoms with Crippen LogP contribution in [0.1, 0.15) is 65.1 Å². The molecule has 0 bridgehead atoms. The Morgan fingerprint density at radius 2 is 1.57 bits per heavy atom. The molecule has 1 aliphatic rings. The van der Waals surface area contributed by atoms with Crippen molar-refractivity contribution in [1.82, 2.24) is 19.1 Å². The number of hydrogen-bond acceptors (Lipinski definition) is 11. The SMILES string of the molecule is CC(=O)Nc1nc2c(ncn2C2OC(CO[Si](C)(C)C(C)(C)C)C(OS(C)(=O)=O)C2O[Si](C)(C)C(C)(C)C)c(=O)n1C(=O)c1ccccc1. The highest BCUT2D eigenvalue weighted by molar-refractivity contribution is 7.86. The molecular weight excluding hydrogens is 687 g/mol. The van der Waals surface area contributed by atoms with Gasteiger partial charge in [-0.25, -0.2) is 9.55 Å². The number of nitrogens with zero attached hydrogens (tertiary/aromatic N) is 4. The fourth-order valence-electron chi connectivity index (χ4n) is 4.83. The molecule has 49 heavy (non-hydrogen) atoms. The van der Waals surface area contributed by atoms with Crippen LogP contribution in [-0.2, 0) is 32.7 Å². The average molecular weight is 736 g/mol. The number of aromatic nitrogens is 4. The molecule has 1 saturated heterocycles. The van der Waals surface area contributed by atoms with Crippen molar-refractivity contribution in [3.05, 3.63) is 52.6 Å². The molecule has 0 radical (unpaired) electrons. The molecule has 2 aromatic heterocycles. The van der Waals surface area contributed by atoms with E-state index in [0.717, 1.165) is 10.8 Å². The maximum absolute atomic E-state index is 13.9. The Labute approximate surface area is 289 Å². The van der Waals surface area contributed by atoms with Gasteiger partial charge in [-0.1, -0.05) is 59.7 Å². The Balaban J connectivity index is 1.92. The Kier molecular flexibility index (Phi) is 10.7. The monoisotopic (exact) mass is 735 g/mol. The molecule has 4 rings (SSSR count). The van der Waals surface area contributed by atoms with Gasteiger partial charge in [0.25, 0.3) is 21.6 Å². The van der Waals surface area contributed by atoms with Gasteiger partial charge in [0.15, 0.2) is 34.0 Å². The van der Waals surface area contributed by atoms with E-state index >= 15 is 0 Å². The minimum Gasteiger partial charge on any atom is -0.414 e. The number of nitrogens with one attached hydrogen (secondary N) is 1. The second-order valence-corrected chi connectivity index (χ2v) is 26.7. The molecule has 1 fully saturated rings. The van der Waals surface area contributed by atoms with Crippen molar-refractivity contribution in [2.45, 2.75) is 109 Å². The first-order chi connectivity index (χ1) is 22.3. The van der Waals surface area contributed by atoms with E-state index in [1.165, 1.54) is 30.0 Å². The van der Waals surface area contributed by atoms with Crippen LogP contribution < -0.4 is 10.9 Å².